The van der Waals surface area contributed by atoms with Crippen molar-refractivity contribution in [2.45, 2.75) is 6.42 Å². The Balaban J connectivity index is 1.85. The second-order valence-electron chi connectivity index (χ2n) is 5.24. The average molecular weight is 333 g/mol. The lowest BCUT2D eigenvalue weighted by Gasteiger charge is -2.13. The third kappa shape index (κ3) is 3.34. The molecule has 24 heavy (non-hydrogen) atoms. The summed E-state index contributed by atoms with van der Waals surface area (Å²) in [6, 6.07) is 13.3. The van der Waals surface area contributed by atoms with Gasteiger partial charge >= 0.3 is 0 Å². The number of thiocarbonyl (C=S) groups is 1. The zero-order valence-electron chi connectivity index (χ0n) is 13.1. The number of aromatic nitrogens is 1. The van der Waals surface area contributed by atoms with E-state index in [1.165, 1.54) is 0 Å². The monoisotopic (exact) mass is 333 g/mol. The Morgan fingerprint density at radius 3 is 2.96 bits per heavy atom. The van der Waals surface area contributed by atoms with Gasteiger partial charge in [-0.25, -0.2) is 4.85 Å². The molecular weight excluding hydrogens is 318 g/mol. The van der Waals surface area contributed by atoms with Gasteiger partial charge in [0.15, 0.2) is 5.69 Å². The summed E-state index contributed by atoms with van der Waals surface area (Å²) < 4.78 is 5.33. The van der Waals surface area contributed by atoms with Gasteiger partial charge in [0.2, 0.25) is 0 Å². The van der Waals surface area contributed by atoms with Crippen molar-refractivity contribution in [1.82, 2.24) is 4.98 Å². The summed E-state index contributed by atoms with van der Waals surface area (Å²) in [7, 11) is 1.60. The molecule has 0 aliphatic rings. The summed E-state index contributed by atoms with van der Waals surface area (Å²) in [6.07, 6.45) is 4.23. The first-order valence-electron chi connectivity index (χ1n) is 7.38. The molecule has 0 fully saturated rings. The summed E-state index contributed by atoms with van der Waals surface area (Å²) in [6.45, 7) is 7.14. The van der Waals surface area contributed by atoms with Crippen molar-refractivity contribution >= 4 is 39.4 Å². The molecule has 0 radical (unpaired) electrons. The van der Waals surface area contributed by atoms with Crippen LogP contribution in [-0.4, -0.2) is 17.1 Å². The van der Waals surface area contributed by atoms with Crippen molar-refractivity contribution in [2.75, 3.05) is 12.4 Å². The fourth-order valence-corrected chi connectivity index (χ4v) is 2.84. The van der Waals surface area contributed by atoms with Crippen molar-refractivity contribution in [1.29, 1.82) is 0 Å². The number of nitrogens with one attached hydrogen (secondary N) is 1. The van der Waals surface area contributed by atoms with Crippen LogP contribution in [0, 0.1) is 6.57 Å². The minimum atomic E-state index is 0.539. The molecule has 0 unspecified atom stereocenters. The molecular formula is C19H15N3OS. The largest absolute Gasteiger partial charge is 0.495 e. The van der Waals surface area contributed by atoms with E-state index in [4.69, 9.17) is 23.5 Å². The Bertz CT molecular complexity index is 941. The van der Waals surface area contributed by atoms with E-state index in [0.29, 0.717) is 28.5 Å². The topological polar surface area (TPSA) is 38.5 Å². The van der Waals surface area contributed by atoms with Crippen molar-refractivity contribution in [2.24, 2.45) is 0 Å². The highest BCUT2D eigenvalue weighted by Crippen LogP contribution is 2.29. The molecule has 0 saturated heterocycles. The van der Waals surface area contributed by atoms with Crippen LogP contribution < -0.4 is 10.1 Å². The lowest BCUT2D eigenvalue weighted by molar-refractivity contribution is 0.417. The molecule has 0 aliphatic heterocycles. The van der Waals surface area contributed by atoms with Crippen molar-refractivity contribution < 1.29 is 4.74 Å². The van der Waals surface area contributed by atoms with Crippen LogP contribution >= 0.6 is 12.2 Å². The molecule has 0 spiro atoms. The molecule has 0 amide bonds. The van der Waals surface area contributed by atoms with Gasteiger partial charge in [0.05, 0.1) is 24.4 Å². The van der Waals surface area contributed by atoms with Crippen LogP contribution in [0.2, 0.25) is 0 Å². The van der Waals surface area contributed by atoms with Gasteiger partial charge in [-0.05, 0) is 29.1 Å². The van der Waals surface area contributed by atoms with Gasteiger partial charge in [0, 0.05) is 24.2 Å². The maximum Gasteiger partial charge on any atom is 0.189 e. The van der Waals surface area contributed by atoms with Crippen molar-refractivity contribution in [3.63, 3.8) is 0 Å². The first kappa shape index (κ1) is 15.9. The second kappa shape index (κ2) is 7.07. The van der Waals surface area contributed by atoms with Crippen LogP contribution in [-0.2, 0) is 6.42 Å². The molecule has 1 N–H and O–H groups in total. The summed E-state index contributed by atoms with van der Waals surface area (Å²) >= 11 is 5.51. The van der Waals surface area contributed by atoms with Crippen LogP contribution in [0.15, 0.2) is 54.9 Å². The normalized spacial score (nSPS) is 10.2. The predicted molar refractivity (Wildman–Crippen MR) is 101 cm³/mol. The van der Waals surface area contributed by atoms with Crippen LogP contribution in [0.1, 0.15) is 5.56 Å². The lowest BCUT2D eigenvalue weighted by Crippen LogP contribution is -2.13. The third-order valence-electron chi connectivity index (χ3n) is 3.71. The number of anilines is 1. The van der Waals surface area contributed by atoms with E-state index in [9.17, 15) is 0 Å². The first-order chi connectivity index (χ1) is 11.7. The molecule has 3 rings (SSSR count). The summed E-state index contributed by atoms with van der Waals surface area (Å²) in [5.74, 6) is 0.659. The van der Waals surface area contributed by atoms with Gasteiger partial charge in [-0.15, -0.1) is 0 Å². The quantitative estimate of drug-likeness (QED) is 0.551. The molecule has 0 atom stereocenters. The lowest BCUT2D eigenvalue weighted by atomic mass is 10.0. The average Bonchev–Trinajstić information content (AvgIpc) is 2.62. The minimum absolute atomic E-state index is 0.539. The van der Waals surface area contributed by atoms with E-state index in [1.807, 2.05) is 24.4 Å². The highest BCUT2D eigenvalue weighted by atomic mass is 32.1. The number of methoxy groups -OCH3 is 1. The van der Waals surface area contributed by atoms with Crippen molar-refractivity contribution in [3.8, 4) is 5.75 Å². The van der Waals surface area contributed by atoms with Crippen LogP contribution in [0.3, 0.4) is 0 Å². The smallest absolute Gasteiger partial charge is 0.189 e. The van der Waals surface area contributed by atoms with Gasteiger partial charge < -0.3 is 10.1 Å². The SMILES string of the molecule is [C-]#[N+]c1ccc(OC)c(NC(=S)Cc2cccc3cnccc23)c1. The number of hydrogen-bond donors (Lipinski definition) is 1. The highest BCUT2D eigenvalue weighted by Gasteiger charge is 2.09. The Hall–Kier alpha value is -2.97. The van der Waals surface area contributed by atoms with Gasteiger partial charge in [-0.2, -0.15) is 0 Å². The number of nitrogens with zero attached hydrogens (tertiary/aromatic N) is 2. The maximum atomic E-state index is 7.14. The van der Waals surface area contributed by atoms with E-state index in [-0.39, 0.29) is 0 Å². The van der Waals surface area contributed by atoms with Gasteiger partial charge in [0.25, 0.3) is 0 Å². The Morgan fingerprint density at radius 2 is 2.17 bits per heavy atom. The molecule has 0 saturated carbocycles. The molecule has 3 aromatic rings. The number of pyridine rings is 1. The second-order valence-corrected chi connectivity index (χ2v) is 5.73. The fourth-order valence-electron chi connectivity index (χ4n) is 2.57. The summed E-state index contributed by atoms with van der Waals surface area (Å²) in [5.41, 5.74) is 2.38. The standard InChI is InChI=1S/C19H15N3OS/c1-20-15-6-7-18(23-2)17(11-15)22-19(24)10-13-4-3-5-14-12-21-9-8-16(13)14/h3-9,11-12H,10H2,2H3,(H,22,24). The maximum absolute atomic E-state index is 7.14. The number of ether oxygens (including phenoxy) is 1. The van der Waals surface area contributed by atoms with E-state index in [2.05, 4.69) is 21.2 Å². The van der Waals surface area contributed by atoms with Crippen LogP contribution in [0.5, 0.6) is 5.75 Å². The van der Waals surface area contributed by atoms with Gasteiger partial charge in [0.1, 0.15) is 5.75 Å². The third-order valence-corrected chi connectivity index (χ3v) is 3.95. The molecule has 5 heteroatoms. The summed E-state index contributed by atoms with van der Waals surface area (Å²) in [4.78, 5) is 8.26. The van der Waals surface area contributed by atoms with Crippen LogP contribution in [0.25, 0.3) is 15.6 Å². The predicted octanol–water partition coefficient (Wildman–Crippen LogP) is 4.78. The number of fused-ring (bicyclic) bond motifs is 1. The molecule has 0 bridgehead atoms. The van der Waals surface area contributed by atoms with E-state index < -0.39 is 0 Å². The molecule has 2 aromatic carbocycles. The van der Waals surface area contributed by atoms with Crippen molar-refractivity contribution in [3.05, 3.63) is 71.8 Å². The van der Waals surface area contributed by atoms with Gasteiger partial charge in [-0.1, -0.05) is 36.5 Å². The summed E-state index contributed by atoms with van der Waals surface area (Å²) in [5, 5.41) is 5.42. The zero-order chi connectivity index (χ0) is 16.9. The fraction of sp³-hybridized carbons (Fsp3) is 0.105. The zero-order valence-corrected chi connectivity index (χ0v) is 13.9. The van der Waals surface area contributed by atoms with Crippen LogP contribution in [0.4, 0.5) is 11.4 Å². The molecule has 4 nitrogen and oxygen atoms in total. The Labute approximate surface area is 145 Å². The molecule has 1 aromatic heterocycles. The number of rotatable bonds is 4. The molecule has 118 valence electrons. The van der Waals surface area contributed by atoms with E-state index >= 15 is 0 Å². The minimum Gasteiger partial charge on any atom is -0.495 e. The highest BCUT2D eigenvalue weighted by molar-refractivity contribution is 7.80. The van der Waals surface area contributed by atoms with Gasteiger partial charge in [-0.3, -0.25) is 4.98 Å². The number of benzene rings is 2. The van der Waals surface area contributed by atoms with E-state index in [0.717, 1.165) is 16.3 Å². The van der Waals surface area contributed by atoms with E-state index in [1.54, 1.807) is 31.5 Å². The first-order valence-corrected chi connectivity index (χ1v) is 7.79. The Kier molecular flexibility index (Phi) is 4.69. The molecule has 0 aliphatic carbocycles. The molecule has 1 heterocycles. The Morgan fingerprint density at radius 1 is 1.29 bits per heavy atom. The number of hydrogen-bond acceptors (Lipinski definition) is 3.